The number of hydrogen-bond donors (Lipinski definition) is 0. The molecule has 0 fully saturated rings. The van der Waals surface area contributed by atoms with Crippen LogP contribution in [0.3, 0.4) is 0 Å². The van der Waals surface area contributed by atoms with Gasteiger partial charge in [0.05, 0.1) is 21.7 Å². The van der Waals surface area contributed by atoms with E-state index in [-0.39, 0.29) is 29.4 Å². The molecule has 1 aromatic carbocycles. The van der Waals surface area contributed by atoms with Gasteiger partial charge in [0.25, 0.3) is 5.91 Å². The van der Waals surface area contributed by atoms with Crippen LogP contribution in [0.1, 0.15) is 19.3 Å². The summed E-state index contributed by atoms with van der Waals surface area (Å²) in [6.45, 7) is 3.84. The highest BCUT2D eigenvalue weighted by Gasteiger charge is 2.39. The van der Waals surface area contributed by atoms with E-state index in [9.17, 15) is 9.59 Å². The molecule has 2 aliphatic rings. The van der Waals surface area contributed by atoms with Gasteiger partial charge in [0, 0.05) is 11.6 Å². The zero-order valence-corrected chi connectivity index (χ0v) is 13.9. The summed E-state index contributed by atoms with van der Waals surface area (Å²) in [5.74, 6) is -0.473. The van der Waals surface area contributed by atoms with Crippen molar-refractivity contribution in [2.24, 2.45) is 5.92 Å². The molecule has 4 nitrogen and oxygen atoms in total. The van der Waals surface area contributed by atoms with Gasteiger partial charge in [-0.3, -0.25) is 9.59 Å². The van der Waals surface area contributed by atoms with Crippen LogP contribution in [0.4, 0.5) is 5.69 Å². The summed E-state index contributed by atoms with van der Waals surface area (Å²) in [6.07, 6.45) is 5.64. The van der Waals surface area contributed by atoms with E-state index < -0.39 is 0 Å². The molecule has 1 heterocycles. The lowest BCUT2D eigenvalue weighted by atomic mass is 9.85. The summed E-state index contributed by atoms with van der Waals surface area (Å²) >= 11 is 12.3. The summed E-state index contributed by atoms with van der Waals surface area (Å²) in [5, 5.41) is 0.556. The Kier molecular flexibility index (Phi) is 4.46. The largest absolute Gasteiger partial charge is 0.488 e. The second-order valence-electron chi connectivity index (χ2n) is 5.50. The maximum Gasteiger partial charge on any atom is 0.260 e. The molecule has 6 heteroatoms. The van der Waals surface area contributed by atoms with Crippen LogP contribution in [0, 0.1) is 5.92 Å². The monoisotopic (exact) mass is 351 g/mol. The molecule has 0 N–H and O–H groups in total. The minimum Gasteiger partial charge on any atom is -0.488 e. The smallest absolute Gasteiger partial charge is 0.260 e. The fourth-order valence-electron chi connectivity index (χ4n) is 2.88. The van der Waals surface area contributed by atoms with Crippen molar-refractivity contribution >= 4 is 40.7 Å². The zero-order chi connectivity index (χ0) is 16.6. The molecule has 120 valence electrons. The number of benzene rings is 1. The maximum absolute atomic E-state index is 12.6. The molecule has 2 amide bonds. The number of rotatable bonds is 4. The Morgan fingerprint density at radius 3 is 2.83 bits per heavy atom. The quantitative estimate of drug-likeness (QED) is 0.604. The van der Waals surface area contributed by atoms with Gasteiger partial charge in [0.1, 0.15) is 12.4 Å². The van der Waals surface area contributed by atoms with Crippen molar-refractivity contribution in [1.82, 2.24) is 0 Å². The van der Waals surface area contributed by atoms with E-state index in [1.54, 1.807) is 12.2 Å². The van der Waals surface area contributed by atoms with Crippen molar-refractivity contribution in [2.75, 3.05) is 11.5 Å². The predicted molar refractivity (Wildman–Crippen MR) is 90.1 cm³/mol. The summed E-state index contributed by atoms with van der Waals surface area (Å²) in [5.41, 5.74) is 0.975. The predicted octanol–water partition coefficient (Wildman–Crippen LogP) is 4.16. The topological polar surface area (TPSA) is 46.6 Å². The standard InChI is InChI=1S/C17H15Cl2NO3/c1-2-6-23-15-9-14(12(18)8-13(15)19)20-16(21)10-4-3-5-11(7-10)17(20)22/h2,7-10H,1,3-6H2. The van der Waals surface area contributed by atoms with Gasteiger partial charge in [0.15, 0.2) is 0 Å². The number of halogens is 2. The van der Waals surface area contributed by atoms with E-state index in [4.69, 9.17) is 27.9 Å². The number of ether oxygens (including phenoxy) is 1. The normalized spacial score (nSPS) is 20.3. The molecule has 0 saturated heterocycles. The molecule has 0 aromatic heterocycles. The van der Waals surface area contributed by atoms with Gasteiger partial charge in [-0.25, -0.2) is 4.90 Å². The van der Waals surface area contributed by atoms with Crippen LogP contribution in [0.15, 0.2) is 36.4 Å². The SMILES string of the molecule is C=CCOc1cc(N2C(=O)C3=CC(CCC3)C2=O)c(Cl)cc1Cl. The lowest BCUT2D eigenvalue weighted by molar-refractivity contribution is -0.128. The fourth-order valence-corrected chi connectivity index (χ4v) is 3.40. The Hall–Kier alpha value is -1.78. The lowest BCUT2D eigenvalue weighted by Crippen LogP contribution is -2.46. The van der Waals surface area contributed by atoms with Crippen LogP contribution in [0.5, 0.6) is 5.75 Å². The second kappa shape index (κ2) is 6.38. The first-order valence-electron chi connectivity index (χ1n) is 7.34. The Labute approximate surface area is 144 Å². The number of nitrogens with zero attached hydrogens (tertiary/aromatic N) is 1. The molecule has 3 rings (SSSR count). The summed E-state index contributed by atoms with van der Waals surface area (Å²) in [4.78, 5) is 26.4. The molecule has 2 bridgehead atoms. The van der Waals surface area contributed by atoms with Gasteiger partial charge in [-0.05, 0) is 25.3 Å². The number of carbonyl (C=O) groups is 2. The zero-order valence-electron chi connectivity index (χ0n) is 12.4. The van der Waals surface area contributed by atoms with Gasteiger partial charge < -0.3 is 4.74 Å². The van der Waals surface area contributed by atoms with Crippen LogP contribution < -0.4 is 9.64 Å². The van der Waals surface area contributed by atoms with Gasteiger partial charge in [0.2, 0.25) is 5.91 Å². The van der Waals surface area contributed by atoms with E-state index in [0.717, 1.165) is 17.7 Å². The number of carbonyl (C=O) groups excluding carboxylic acids is 2. The molecule has 0 radical (unpaired) electrons. The molecule has 23 heavy (non-hydrogen) atoms. The van der Waals surface area contributed by atoms with E-state index in [1.807, 2.05) is 0 Å². The van der Waals surface area contributed by atoms with Crippen molar-refractivity contribution in [3.8, 4) is 5.75 Å². The molecule has 1 aliphatic carbocycles. The number of amides is 2. The molecular weight excluding hydrogens is 337 g/mol. The van der Waals surface area contributed by atoms with Crippen LogP contribution in [0.2, 0.25) is 10.0 Å². The van der Waals surface area contributed by atoms with Crippen LogP contribution in [-0.4, -0.2) is 18.4 Å². The molecule has 1 atom stereocenters. The highest BCUT2D eigenvalue weighted by Crippen LogP contribution is 2.40. The van der Waals surface area contributed by atoms with Crippen molar-refractivity contribution < 1.29 is 14.3 Å². The number of imide groups is 1. The fraction of sp³-hybridized carbons (Fsp3) is 0.294. The van der Waals surface area contributed by atoms with Gasteiger partial charge in [-0.15, -0.1) is 0 Å². The van der Waals surface area contributed by atoms with Crippen molar-refractivity contribution in [3.05, 3.63) is 46.5 Å². The molecule has 1 aliphatic heterocycles. The molecule has 0 spiro atoms. The first-order valence-corrected chi connectivity index (χ1v) is 8.10. The van der Waals surface area contributed by atoms with Gasteiger partial charge in [-0.2, -0.15) is 0 Å². The highest BCUT2D eigenvalue weighted by molar-refractivity contribution is 6.39. The van der Waals surface area contributed by atoms with E-state index in [1.165, 1.54) is 12.1 Å². The third kappa shape index (κ3) is 2.89. The highest BCUT2D eigenvalue weighted by atomic mass is 35.5. The summed E-state index contributed by atoms with van der Waals surface area (Å²) in [6, 6.07) is 3.02. The van der Waals surface area contributed by atoms with Gasteiger partial charge >= 0.3 is 0 Å². The van der Waals surface area contributed by atoms with E-state index in [0.29, 0.717) is 28.5 Å². The third-order valence-corrected chi connectivity index (χ3v) is 4.58. The average Bonchev–Trinajstić information content (AvgIpc) is 2.54. The summed E-state index contributed by atoms with van der Waals surface area (Å²) < 4.78 is 5.46. The summed E-state index contributed by atoms with van der Waals surface area (Å²) in [7, 11) is 0. The Morgan fingerprint density at radius 2 is 2.09 bits per heavy atom. The second-order valence-corrected chi connectivity index (χ2v) is 6.32. The third-order valence-electron chi connectivity index (χ3n) is 3.98. The first-order chi connectivity index (χ1) is 11.0. The minimum atomic E-state index is -0.315. The average molecular weight is 352 g/mol. The number of anilines is 1. The molecule has 0 saturated carbocycles. The number of fused-ring (bicyclic) bond motifs is 1. The van der Waals surface area contributed by atoms with Crippen LogP contribution >= 0.6 is 23.2 Å². The molecule has 1 aromatic rings. The Balaban J connectivity index is 2.03. The first kappa shape index (κ1) is 16.1. The van der Waals surface area contributed by atoms with Crippen molar-refractivity contribution in [3.63, 3.8) is 0 Å². The Morgan fingerprint density at radius 1 is 1.30 bits per heavy atom. The van der Waals surface area contributed by atoms with Gasteiger partial charge in [-0.1, -0.05) is 41.9 Å². The van der Waals surface area contributed by atoms with Crippen molar-refractivity contribution in [1.29, 1.82) is 0 Å². The van der Waals surface area contributed by atoms with Crippen LogP contribution in [0.25, 0.3) is 0 Å². The van der Waals surface area contributed by atoms with Crippen LogP contribution in [-0.2, 0) is 9.59 Å². The maximum atomic E-state index is 12.6. The lowest BCUT2D eigenvalue weighted by Gasteiger charge is -2.33. The van der Waals surface area contributed by atoms with E-state index in [2.05, 4.69) is 6.58 Å². The molecule has 1 unspecified atom stereocenters. The molecular formula is C17H15Cl2NO3. The number of hydrogen-bond acceptors (Lipinski definition) is 3. The van der Waals surface area contributed by atoms with E-state index >= 15 is 0 Å². The minimum absolute atomic E-state index is 0.239. The van der Waals surface area contributed by atoms with Crippen molar-refractivity contribution in [2.45, 2.75) is 19.3 Å². The Bertz CT molecular complexity index is 727.